The fraction of sp³-hybridized carbons (Fsp3) is 0.263. The van der Waals surface area contributed by atoms with E-state index in [-0.39, 0.29) is 0 Å². The Morgan fingerprint density at radius 3 is 2.62 bits per heavy atom. The normalized spacial score (nSPS) is 10.9. The number of ether oxygens (including phenoxy) is 1. The average molecular weight is 279 g/mol. The van der Waals surface area contributed by atoms with Crippen LogP contribution in [-0.4, -0.2) is 4.57 Å². The van der Waals surface area contributed by atoms with Crippen LogP contribution in [0.1, 0.15) is 25.3 Å². The van der Waals surface area contributed by atoms with Gasteiger partial charge in [-0.15, -0.1) is 0 Å². The summed E-state index contributed by atoms with van der Waals surface area (Å²) < 4.78 is 8.32. The minimum Gasteiger partial charge on any atom is -0.488 e. The van der Waals surface area contributed by atoms with E-state index < -0.39 is 0 Å². The fourth-order valence-electron chi connectivity index (χ4n) is 2.58. The molecule has 0 atom stereocenters. The summed E-state index contributed by atoms with van der Waals surface area (Å²) in [6.45, 7) is 3.91. The molecule has 21 heavy (non-hydrogen) atoms. The number of aromatic nitrogens is 1. The van der Waals surface area contributed by atoms with E-state index in [2.05, 4.69) is 54.1 Å². The number of rotatable bonds is 6. The summed E-state index contributed by atoms with van der Waals surface area (Å²) in [7, 11) is 0. The van der Waals surface area contributed by atoms with Crippen LogP contribution in [0, 0.1) is 0 Å². The Kier molecular flexibility index (Phi) is 4.25. The first-order valence-corrected chi connectivity index (χ1v) is 7.63. The van der Waals surface area contributed by atoms with Crippen LogP contribution in [0.5, 0.6) is 5.75 Å². The molecule has 0 radical (unpaired) electrons. The molecule has 0 fully saturated rings. The smallest absolute Gasteiger partial charge is 0.129 e. The summed E-state index contributed by atoms with van der Waals surface area (Å²) in [5.41, 5.74) is 2.45. The van der Waals surface area contributed by atoms with E-state index in [4.69, 9.17) is 4.74 Å². The predicted molar refractivity (Wildman–Crippen MR) is 87.6 cm³/mol. The maximum atomic E-state index is 6.01. The second-order valence-electron chi connectivity index (χ2n) is 5.33. The Bertz CT molecular complexity index is 700. The Labute approximate surface area is 126 Å². The van der Waals surface area contributed by atoms with Gasteiger partial charge in [-0.05, 0) is 30.2 Å². The summed E-state index contributed by atoms with van der Waals surface area (Å²) in [6.07, 6.45) is 4.58. The van der Waals surface area contributed by atoms with E-state index in [0.717, 1.165) is 12.3 Å². The fourth-order valence-corrected chi connectivity index (χ4v) is 2.58. The number of hydrogen-bond acceptors (Lipinski definition) is 1. The number of hydrogen-bond donors (Lipinski definition) is 0. The molecule has 0 aliphatic heterocycles. The third kappa shape index (κ3) is 3.10. The van der Waals surface area contributed by atoms with E-state index in [1.165, 1.54) is 29.3 Å². The summed E-state index contributed by atoms with van der Waals surface area (Å²) >= 11 is 0. The second kappa shape index (κ2) is 6.49. The van der Waals surface area contributed by atoms with E-state index >= 15 is 0 Å². The first kappa shape index (κ1) is 13.7. The molecule has 0 N–H and O–H groups in total. The van der Waals surface area contributed by atoms with Gasteiger partial charge in [-0.25, -0.2) is 0 Å². The van der Waals surface area contributed by atoms with Crippen molar-refractivity contribution in [2.45, 2.75) is 32.9 Å². The highest BCUT2D eigenvalue weighted by Crippen LogP contribution is 2.27. The Balaban J connectivity index is 1.81. The molecular weight excluding hydrogens is 258 g/mol. The van der Waals surface area contributed by atoms with Crippen LogP contribution in [0.2, 0.25) is 0 Å². The van der Waals surface area contributed by atoms with Crippen LogP contribution in [-0.2, 0) is 13.2 Å². The Morgan fingerprint density at radius 2 is 1.81 bits per heavy atom. The molecule has 3 rings (SSSR count). The molecule has 0 aliphatic carbocycles. The molecule has 0 saturated carbocycles. The maximum absolute atomic E-state index is 6.01. The number of fused-ring (bicyclic) bond motifs is 1. The third-order valence-corrected chi connectivity index (χ3v) is 3.76. The minimum absolute atomic E-state index is 0.611. The van der Waals surface area contributed by atoms with Crippen LogP contribution >= 0.6 is 0 Å². The third-order valence-electron chi connectivity index (χ3n) is 3.76. The maximum Gasteiger partial charge on any atom is 0.129 e. The standard InChI is InChI=1S/C19H21NO/c1-2-3-13-20-14-12-17-18(20)10-7-11-19(17)21-15-16-8-5-4-6-9-16/h4-12,14H,2-3,13,15H2,1H3. The molecule has 0 saturated heterocycles. The zero-order valence-corrected chi connectivity index (χ0v) is 12.5. The monoisotopic (exact) mass is 279 g/mol. The molecule has 2 heteroatoms. The van der Waals surface area contributed by atoms with Crippen molar-refractivity contribution in [1.29, 1.82) is 0 Å². The van der Waals surface area contributed by atoms with Crippen molar-refractivity contribution in [3.8, 4) is 5.75 Å². The zero-order chi connectivity index (χ0) is 14.5. The van der Waals surface area contributed by atoms with Crippen LogP contribution in [0.4, 0.5) is 0 Å². The van der Waals surface area contributed by atoms with E-state index in [0.29, 0.717) is 6.61 Å². The molecule has 0 spiro atoms. The molecule has 0 aliphatic rings. The quantitative estimate of drug-likeness (QED) is 0.618. The first-order chi connectivity index (χ1) is 10.4. The molecule has 0 unspecified atom stereocenters. The molecule has 2 aromatic carbocycles. The number of aryl methyl sites for hydroxylation is 1. The van der Waals surface area contributed by atoms with E-state index in [1.807, 2.05) is 18.2 Å². The summed E-state index contributed by atoms with van der Waals surface area (Å²) in [5, 5.41) is 1.20. The van der Waals surface area contributed by atoms with Gasteiger partial charge in [-0.1, -0.05) is 49.7 Å². The van der Waals surface area contributed by atoms with Crippen molar-refractivity contribution in [2.75, 3.05) is 0 Å². The second-order valence-corrected chi connectivity index (χ2v) is 5.33. The Hall–Kier alpha value is -2.22. The lowest BCUT2D eigenvalue weighted by Crippen LogP contribution is -1.97. The van der Waals surface area contributed by atoms with E-state index in [9.17, 15) is 0 Å². The molecule has 0 bridgehead atoms. The van der Waals surface area contributed by atoms with Crippen LogP contribution in [0.3, 0.4) is 0 Å². The SMILES string of the molecule is CCCCn1ccc2c(OCc3ccccc3)cccc21. The lowest BCUT2D eigenvalue weighted by molar-refractivity contribution is 0.310. The van der Waals surface area contributed by atoms with Gasteiger partial charge in [0.25, 0.3) is 0 Å². The zero-order valence-electron chi connectivity index (χ0n) is 12.5. The molecule has 108 valence electrons. The van der Waals surface area contributed by atoms with Crippen molar-refractivity contribution in [1.82, 2.24) is 4.57 Å². The number of benzene rings is 2. The number of nitrogens with zero attached hydrogens (tertiary/aromatic N) is 1. The van der Waals surface area contributed by atoms with Crippen molar-refractivity contribution < 1.29 is 4.74 Å². The largest absolute Gasteiger partial charge is 0.488 e. The van der Waals surface area contributed by atoms with Gasteiger partial charge in [0.1, 0.15) is 12.4 Å². The van der Waals surface area contributed by atoms with Crippen molar-refractivity contribution in [3.05, 3.63) is 66.4 Å². The summed E-state index contributed by atoms with van der Waals surface area (Å²) in [5.74, 6) is 0.964. The van der Waals surface area contributed by atoms with Gasteiger partial charge >= 0.3 is 0 Å². The van der Waals surface area contributed by atoms with E-state index in [1.54, 1.807) is 0 Å². The topological polar surface area (TPSA) is 14.2 Å². The highest BCUT2D eigenvalue weighted by atomic mass is 16.5. The van der Waals surface area contributed by atoms with Gasteiger partial charge < -0.3 is 9.30 Å². The van der Waals surface area contributed by atoms with Crippen molar-refractivity contribution >= 4 is 10.9 Å². The molecule has 1 heterocycles. The van der Waals surface area contributed by atoms with Gasteiger partial charge in [-0.3, -0.25) is 0 Å². The molecule has 3 aromatic rings. The molecule has 0 amide bonds. The van der Waals surface area contributed by atoms with Gasteiger partial charge in [0, 0.05) is 18.1 Å². The lowest BCUT2D eigenvalue weighted by Gasteiger charge is -2.09. The van der Waals surface area contributed by atoms with Crippen molar-refractivity contribution in [3.63, 3.8) is 0 Å². The van der Waals surface area contributed by atoms with Gasteiger partial charge in [-0.2, -0.15) is 0 Å². The van der Waals surface area contributed by atoms with Crippen LogP contribution in [0.15, 0.2) is 60.8 Å². The summed E-state index contributed by atoms with van der Waals surface area (Å²) in [4.78, 5) is 0. The summed E-state index contributed by atoms with van der Waals surface area (Å²) in [6, 6.07) is 18.7. The predicted octanol–water partition coefficient (Wildman–Crippen LogP) is 5.02. The Morgan fingerprint density at radius 1 is 0.952 bits per heavy atom. The molecule has 1 aromatic heterocycles. The van der Waals surface area contributed by atoms with Gasteiger partial charge in [0.2, 0.25) is 0 Å². The average Bonchev–Trinajstić information content (AvgIpc) is 2.95. The molecule has 2 nitrogen and oxygen atoms in total. The number of unbranched alkanes of at least 4 members (excludes halogenated alkanes) is 1. The van der Waals surface area contributed by atoms with Crippen molar-refractivity contribution in [2.24, 2.45) is 0 Å². The minimum atomic E-state index is 0.611. The van der Waals surface area contributed by atoms with Crippen LogP contribution < -0.4 is 4.74 Å². The highest BCUT2D eigenvalue weighted by molar-refractivity contribution is 5.86. The highest BCUT2D eigenvalue weighted by Gasteiger charge is 2.06. The van der Waals surface area contributed by atoms with Crippen LogP contribution in [0.25, 0.3) is 10.9 Å². The van der Waals surface area contributed by atoms with Gasteiger partial charge in [0.05, 0.1) is 5.52 Å². The van der Waals surface area contributed by atoms with Gasteiger partial charge in [0.15, 0.2) is 0 Å². The molecular formula is C19H21NO. The first-order valence-electron chi connectivity index (χ1n) is 7.63. The lowest BCUT2D eigenvalue weighted by atomic mass is 10.2.